The number of amides is 1. The van der Waals surface area contributed by atoms with E-state index in [2.05, 4.69) is 20.6 Å². The number of alkyl halides is 3. The van der Waals surface area contributed by atoms with Crippen LogP contribution in [-0.4, -0.2) is 53.5 Å². The van der Waals surface area contributed by atoms with Crippen LogP contribution in [0.5, 0.6) is 0 Å². The van der Waals surface area contributed by atoms with E-state index < -0.39 is 21.8 Å². The minimum absolute atomic E-state index is 0.0140. The molecule has 1 fully saturated rings. The standard InChI is InChI=1S/C19H19F3N6O3S/c1-32(30,31)14-5-3-2-4-13(14)23-17(29)12-8-10-27(11-9-12)16-7-6-15-24-25-18(19(20,21)22)28(15)26-16/h2-7,12H,8-11H2,1H3,(H,23,29). The van der Waals surface area contributed by atoms with Crippen LogP contribution in [0, 0.1) is 5.92 Å². The van der Waals surface area contributed by atoms with Gasteiger partial charge in [-0.3, -0.25) is 4.79 Å². The number of aromatic nitrogens is 4. The molecule has 0 radical (unpaired) electrons. The van der Waals surface area contributed by atoms with Crippen molar-refractivity contribution < 1.29 is 26.4 Å². The summed E-state index contributed by atoms with van der Waals surface area (Å²) in [6.07, 6.45) is -2.75. The Morgan fingerprint density at radius 2 is 1.78 bits per heavy atom. The van der Waals surface area contributed by atoms with Crippen molar-refractivity contribution in [1.82, 2.24) is 19.8 Å². The van der Waals surface area contributed by atoms with Gasteiger partial charge >= 0.3 is 6.18 Å². The van der Waals surface area contributed by atoms with Crippen molar-refractivity contribution in [1.29, 1.82) is 0 Å². The van der Waals surface area contributed by atoms with Gasteiger partial charge in [0.25, 0.3) is 5.82 Å². The Balaban J connectivity index is 1.45. The summed E-state index contributed by atoms with van der Waals surface area (Å²) in [4.78, 5) is 14.5. The number of carbonyl (C=O) groups excluding carboxylic acids is 1. The Labute approximate surface area is 181 Å². The molecule has 9 nitrogen and oxygen atoms in total. The van der Waals surface area contributed by atoms with Crippen molar-refractivity contribution >= 4 is 32.9 Å². The second-order valence-corrected chi connectivity index (χ2v) is 9.49. The molecule has 4 rings (SSSR count). The maximum absolute atomic E-state index is 13.1. The third-order valence-corrected chi connectivity index (χ3v) is 6.39. The highest BCUT2D eigenvalue weighted by Gasteiger charge is 2.38. The van der Waals surface area contributed by atoms with E-state index in [1.165, 1.54) is 18.2 Å². The smallest absolute Gasteiger partial charge is 0.355 e. The van der Waals surface area contributed by atoms with Crippen LogP contribution < -0.4 is 10.2 Å². The number of benzene rings is 1. The van der Waals surface area contributed by atoms with E-state index in [1.807, 2.05) is 0 Å². The number of piperidine rings is 1. The molecule has 1 amide bonds. The number of nitrogens with zero attached hydrogens (tertiary/aromatic N) is 5. The van der Waals surface area contributed by atoms with Gasteiger partial charge in [-0.1, -0.05) is 12.1 Å². The number of anilines is 2. The van der Waals surface area contributed by atoms with Crippen molar-refractivity contribution in [2.75, 3.05) is 29.6 Å². The van der Waals surface area contributed by atoms with Crippen molar-refractivity contribution in [3.63, 3.8) is 0 Å². The summed E-state index contributed by atoms with van der Waals surface area (Å²) >= 11 is 0. The zero-order valence-electron chi connectivity index (χ0n) is 16.9. The number of hydrogen-bond acceptors (Lipinski definition) is 7. The van der Waals surface area contributed by atoms with Crippen LogP contribution in [0.15, 0.2) is 41.3 Å². The average Bonchev–Trinajstić information content (AvgIpc) is 3.17. The Bertz CT molecular complexity index is 1270. The molecule has 13 heteroatoms. The summed E-state index contributed by atoms with van der Waals surface area (Å²) in [5, 5.41) is 13.4. The van der Waals surface area contributed by atoms with Gasteiger partial charge in [0, 0.05) is 25.3 Å². The first-order valence-electron chi connectivity index (χ1n) is 9.68. The second-order valence-electron chi connectivity index (χ2n) is 7.50. The highest BCUT2D eigenvalue weighted by atomic mass is 32.2. The van der Waals surface area contributed by atoms with Crippen LogP contribution in [0.3, 0.4) is 0 Å². The van der Waals surface area contributed by atoms with Gasteiger partial charge < -0.3 is 10.2 Å². The number of carbonyl (C=O) groups is 1. The quantitative estimate of drug-likeness (QED) is 0.626. The van der Waals surface area contributed by atoms with Crippen LogP contribution in [0.1, 0.15) is 18.7 Å². The van der Waals surface area contributed by atoms with Gasteiger partial charge in [-0.2, -0.15) is 17.7 Å². The Morgan fingerprint density at radius 3 is 2.44 bits per heavy atom. The van der Waals surface area contributed by atoms with Gasteiger partial charge in [0.15, 0.2) is 15.5 Å². The second kappa shape index (κ2) is 8.04. The first kappa shape index (κ1) is 22.0. The molecule has 3 heterocycles. The molecule has 0 saturated carbocycles. The molecule has 0 aliphatic carbocycles. The molecular formula is C19H19F3N6O3S. The predicted molar refractivity (Wildman–Crippen MR) is 109 cm³/mol. The van der Waals surface area contributed by atoms with Gasteiger partial charge in [0.1, 0.15) is 5.82 Å². The topological polar surface area (TPSA) is 110 Å². The van der Waals surface area contributed by atoms with Gasteiger partial charge in [-0.15, -0.1) is 15.3 Å². The Hall–Kier alpha value is -3.22. The molecule has 3 aromatic rings. The fourth-order valence-corrected chi connectivity index (χ4v) is 4.47. The highest BCUT2D eigenvalue weighted by molar-refractivity contribution is 7.90. The fraction of sp³-hybridized carbons (Fsp3) is 0.368. The third kappa shape index (κ3) is 4.38. The fourth-order valence-electron chi connectivity index (χ4n) is 3.62. The van der Waals surface area contributed by atoms with Crippen molar-refractivity contribution in [3.8, 4) is 0 Å². The van der Waals surface area contributed by atoms with E-state index in [-0.39, 0.29) is 28.1 Å². The zero-order chi connectivity index (χ0) is 23.1. The lowest BCUT2D eigenvalue weighted by Crippen LogP contribution is -2.39. The first-order valence-corrected chi connectivity index (χ1v) is 11.6. The first-order chi connectivity index (χ1) is 15.0. The minimum atomic E-state index is -4.68. The van der Waals surface area contributed by atoms with Gasteiger partial charge in [0.05, 0.1) is 10.6 Å². The summed E-state index contributed by atoms with van der Waals surface area (Å²) in [6.45, 7) is 0.793. The summed E-state index contributed by atoms with van der Waals surface area (Å²) in [6, 6.07) is 9.14. The summed E-state index contributed by atoms with van der Waals surface area (Å²) in [7, 11) is -3.51. The molecular weight excluding hydrogens is 449 g/mol. The lowest BCUT2D eigenvalue weighted by Gasteiger charge is -2.32. The zero-order valence-corrected chi connectivity index (χ0v) is 17.7. The normalized spacial score (nSPS) is 15.8. The number of rotatable bonds is 4. The Morgan fingerprint density at radius 1 is 1.09 bits per heavy atom. The Kier molecular flexibility index (Phi) is 5.53. The molecule has 0 atom stereocenters. The lowest BCUT2D eigenvalue weighted by atomic mass is 9.96. The van der Waals surface area contributed by atoms with E-state index in [0.717, 1.165) is 6.26 Å². The molecule has 1 saturated heterocycles. The molecule has 1 N–H and O–H groups in total. The maximum atomic E-state index is 13.1. The van der Waals surface area contributed by atoms with Crippen LogP contribution >= 0.6 is 0 Å². The molecule has 1 aliphatic rings. The SMILES string of the molecule is CS(=O)(=O)c1ccccc1NC(=O)C1CCN(c2ccc3nnc(C(F)(F)F)n3n2)CC1. The average molecular weight is 468 g/mol. The summed E-state index contributed by atoms with van der Waals surface area (Å²) < 4.78 is 63.8. The molecule has 1 aliphatic heterocycles. The van der Waals surface area contributed by atoms with E-state index in [1.54, 1.807) is 23.1 Å². The van der Waals surface area contributed by atoms with Crippen LogP contribution in [0.4, 0.5) is 24.7 Å². The summed E-state index contributed by atoms with van der Waals surface area (Å²) in [5.74, 6) is -1.55. The third-order valence-electron chi connectivity index (χ3n) is 5.24. The number of sulfone groups is 1. The molecule has 1 aromatic carbocycles. The summed E-state index contributed by atoms with van der Waals surface area (Å²) in [5.41, 5.74) is 0.210. The lowest BCUT2D eigenvalue weighted by molar-refractivity contribution is -0.146. The van der Waals surface area contributed by atoms with Gasteiger partial charge in [0.2, 0.25) is 5.91 Å². The number of halogens is 3. The number of para-hydroxylation sites is 1. The minimum Gasteiger partial charge on any atom is -0.355 e. The molecule has 0 spiro atoms. The monoisotopic (exact) mass is 468 g/mol. The predicted octanol–water partition coefficient (Wildman–Crippen LogP) is 2.40. The molecule has 170 valence electrons. The van der Waals surface area contributed by atoms with E-state index in [4.69, 9.17) is 0 Å². The van der Waals surface area contributed by atoms with Crippen molar-refractivity contribution in [2.24, 2.45) is 5.92 Å². The van der Waals surface area contributed by atoms with Crippen molar-refractivity contribution in [3.05, 3.63) is 42.2 Å². The van der Waals surface area contributed by atoms with Crippen LogP contribution in [0.25, 0.3) is 5.65 Å². The van der Waals surface area contributed by atoms with E-state index in [9.17, 15) is 26.4 Å². The number of nitrogens with one attached hydrogen (secondary N) is 1. The number of fused-ring (bicyclic) bond motifs is 1. The highest BCUT2D eigenvalue weighted by Crippen LogP contribution is 2.29. The molecule has 32 heavy (non-hydrogen) atoms. The number of hydrogen-bond donors (Lipinski definition) is 1. The molecule has 0 unspecified atom stereocenters. The molecule has 2 aromatic heterocycles. The van der Waals surface area contributed by atoms with Gasteiger partial charge in [-0.05, 0) is 37.1 Å². The maximum Gasteiger partial charge on any atom is 0.453 e. The van der Waals surface area contributed by atoms with Crippen LogP contribution in [-0.2, 0) is 20.8 Å². The molecule has 0 bridgehead atoms. The van der Waals surface area contributed by atoms with Gasteiger partial charge in [-0.25, -0.2) is 8.42 Å². The van der Waals surface area contributed by atoms with E-state index in [0.29, 0.717) is 36.3 Å². The van der Waals surface area contributed by atoms with Crippen LogP contribution in [0.2, 0.25) is 0 Å². The largest absolute Gasteiger partial charge is 0.453 e. The van der Waals surface area contributed by atoms with E-state index >= 15 is 0 Å². The van der Waals surface area contributed by atoms with Crippen molar-refractivity contribution in [2.45, 2.75) is 23.9 Å².